The average Bonchev–Trinajstić information content (AvgIpc) is 2.43. The fourth-order valence-corrected chi connectivity index (χ4v) is 1.21. The molecule has 0 amide bonds. The van der Waals surface area contributed by atoms with Crippen molar-refractivity contribution in [2.45, 2.75) is 0 Å². The molecule has 3 heteroatoms. The summed E-state index contributed by atoms with van der Waals surface area (Å²) >= 11 is 0. The van der Waals surface area contributed by atoms with Crippen molar-refractivity contribution in [1.29, 1.82) is 5.26 Å². The Balaban J connectivity index is 2.77. The van der Waals surface area contributed by atoms with Crippen LogP contribution < -0.4 is 0 Å². The molecule has 0 saturated carbocycles. The van der Waals surface area contributed by atoms with Crippen LogP contribution in [-0.2, 0) is 7.05 Å². The summed E-state index contributed by atoms with van der Waals surface area (Å²) in [4.78, 5) is 0. The molecule has 58 valence electrons. The molecule has 1 aromatic heterocycles. The molecule has 0 bridgehead atoms. The normalized spacial score (nSPS) is 10.0. The van der Waals surface area contributed by atoms with Crippen LogP contribution in [0.25, 0.3) is 10.9 Å². The maximum absolute atomic E-state index is 8.62. The molecule has 12 heavy (non-hydrogen) atoms. The van der Waals surface area contributed by atoms with Crippen LogP contribution >= 0.6 is 0 Å². The van der Waals surface area contributed by atoms with Gasteiger partial charge in [0, 0.05) is 18.6 Å². The quantitative estimate of drug-likeness (QED) is 0.580. The van der Waals surface area contributed by atoms with Crippen molar-refractivity contribution in [2.24, 2.45) is 7.05 Å². The standard InChI is InChI=1S/C9H7N3/c1-12-6-8-3-2-7(5-10)4-9(8)11-12/h2-4,6H,1H3. The van der Waals surface area contributed by atoms with Gasteiger partial charge in [0.05, 0.1) is 17.1 Å². The van der Waals surface area contributed by atoms with Crippen molar-refractivity contribution >= 4 is 10.9 Å². The molecule has 2 aromatic rings. The van der Waals surface area contributed by atoms with Gasteiger partial charge in [-0.25, -0.2) is 0 Å². The van der Waals surface area contributed by atoms with Crippen molar-refractivity contribution in [1.82, 2.24) is 9.78 Å². The Hall–Kier alpha value is -1.82. The summed E-state index contributed by atoms with van der Waals surface area (Å²) in [6.45, 7) is 0. The minimum absolute atomic E-state index is 0.654. The summed E-state index contributed by atoms with van der Waals surface area (Å²) in [6.07, 6.45) is 1.93. The van der Waals surface area contributed by atoms with Crippen LogP contribution in [0.5, 0.6) is 0 Å². The van der Waals surface area contributed by atoms with E-state index in [0.717, 1.165) is 10.9 Å². The van der Waals surface area contributed by atoms with Gasteiger partial charge in [-0.3, -0.25) is 4.68 Å². The molecule has 1 heterocycles. The van der Waals surface area contributed by atoms with Gasteiger partial charge >= 0.3 is 0 Å². The maximum atomic E-state index is 8.62. The summed E-state index contributed by atoms with van der Waals surface area (Å²) in [5.41, 5.74) is 1.53. The highest BCUT2D eigenvalue weighted by molar-refractivity contribution is 5.79. The number of nitrogens with zero attached hydrogens (tertiary/aromatic N) is 3. The third kappa shape index (κ3) is 0.940. The maximum Gasteiger partial charge on any atom is 0.0992 e. The Morgan fingerprint density at radius 3 is 3.08 bits per heavy atom. The van der Waals surface area contributed by atoms with E-state index in [-0.39, 0.29) is 0 Å². The van der Waals surface area contributed by atoms with E-state index in [0.29, 0.717) is 5.56 Å². The highest BCUT2D eigenvalue weighted by Crippen LogP contribution is 2.12. The lowest BCUT2D eigenvalue weighted by molar-refractivity contribution is 0.779. The molecule has 0 aliphatic heterocycles. The van der Waals surface area contributed by atoms with Crippen molar-refractivity contribution < 1.29 is 0 Å². The fourth-order valence-electron chi connectivity index (χ4n) is 1.21. The van der Waals surface area contributed by atoms with Crippen LogP contribution in [0.1, 0.15) is 5.56 Å². The number of nitriles is 1. The molecule has 0 fully saturated rings. The van der Waals surface area contributed by atoms with Crippen molar-refractivity contribution in [3.8, 4) is 6.07 Å². The van der Waals surface area contributed by atoms with Gasteiger partial charge in [-0.1, -0.05) is 0 Å². The molecule has 0 aliphatic rings. The molecule has 0 saturated heterocycles. The van der Waals surface area contributed by atoms with E-state index in [1.54, 1.807) is 16.8 Å². The Morgan fingerprint density at radius 2 is 2.33 bits per heavy atom. The number of hydrogen-bond acceptors (Lipinski definition) is 2. The van der Waals surface area contributed by atoms with E-state index in [4.69, 9.17) is 5.26 Å². The molecular weight excluding hydrogens is 150 g/mol. The number of benzene rings is 1. The second-order valence-electron chi connectivity index (χ2n) is 2.69. The van der Waals surface area contributed by atoms with Gasteiger partial charge in [0.15, 0.2) is 0 Å². The predicted molar refractivity (Wildman–Crippen MR) is 45.4 cm³/mol. The topological polar surface area (TPSA) is 41.6 Å². The van der Waals surface area contributed by atoms with E-state index < -0.39 is 0 Å². The second-order valence-corrected chi connectivity index (χ2v) is 2.69. The summed E-state index contributed by atoms with van der Waals surface area (Å²) in [5.74, 6) is 0. The van der Waals surface area contributed by atoms with Gasteiger partial charge in [-0.05, 0) is 18.2 Å². The van der Waals surface area contributed by atoms with Gasteiger partial charge in [0.2, 0.25) is 0 Å². The van der Waals surface area contributed by atoms with E-state index in [2.05, 4.69) is 11.2 Å². The third-order valence-corrected chi connectivity index (χ3v) is 1.75. The summed E-state index contributed by atoms with van der Waals surface area (Å²) in [7, 11) is 1.87. The highest BCUT2D eigenvalue weighted by atomic mass is 15.2. The van der Waals surface area contributed by atoms with Gasteiger partial charge in [0.1, 0.15) is 0 Å². The van der Waals surface area contributed by atoms with Crippen LogP contribution in [-0.4, -0.2) is 9.78 Å². The first-order chi connectivity index (χ1) is 5.79. The Kier molecular flexibility index (Phi) is 1.34. The molecule has 0 N–H and O–H groups in total. The van der Waals surface area contributed by atoms with E-state index in [1.165, 1.54) is 0 Å². The summed E-state index contributed by atoms with van der Waals surface area (Å²) in [5, 5.41) is 13.9. The first kappa shape index (κ1) is 6.86. The number of aromatic nitrogens is 2. The van der Waals surface area contributed by atoms with Gasteiger partial charge in [-0.2, -0.15) is 10.4 Å². The average molecular weight is 157 g/mol. The van der Waals surface area contributed by atoms with Gasteiger partial charge in [0.25, 0.3) is 0 Å². The molecule has 2 rings (SSSR count). The zero-order valence-corrected chi connectivity index (χ0v) is 6.65. The lowest BCUT2D eigenvalue weighted by Gasteiger charge is -1.86. The minimum atomic E-state index is 0.654. The number of rotatable bonds is 0. The predicted octanol–water partition coefficient (Wildman–Crippen LogP) is 1.44. The molecule has 0 aliphatic carbocycles. The number of fused-ring (bicyclic) bond motifs is 1. The fraction of sp³-hybridized carbons (Fsp3) is 0.111. The third-order valence-electron chi connectivity index (χ3n) is 1.75. The minimum Gasteiger partial charge on any atom is -0.275 e. The Morgan fingerprint density at radius 1 is 1.50 bits per heavy atom. The molecular formula is C9H7N3. The first-order valence-electron chi connectivity index (χ1n) is 3.63. The van der Waals surface area contributed by atoms with Gasteiger partial charge in [-0.15, -0.1) is 0 Å². The van der Waals surface area contributed by atoms with Crippen LogP contribution in [0, 0.1) is 11.3 Å². The van der Waals surface area contributed by atoms with Crippen LogP contribution in [0.3, 0.4) is 0 Å². The van der Waals surface area contributed by atoms with E-state index in [1.807, 2.05) is 19.3 Å². The SMILES string of the molecule is Cn1cc2ccc(C#N)cc2n1. The molecule has 0 atom stereocenters. The zero-order valence-electron chi connectivity index (χ0n) is 6.65. The summed E-state index contributed by atoms with van der Waals surface area (Å²) in [6, 6.07) is 7.57. The smallest absolute Gasteiger partial charge is 0.0992 e. The van der Waals surface area contributed by atoms with Crippen LogP contribution in [0.2, 0.25) is 0 Å². The Labute approximate surface area is 69.8 Å². The molecule has 1 aromatic carbocycles. The molecule has 0 unspecified atom stereocenters. The van der Waals surface area contributed by atoms with Crippen LogP contribution in [0.4, 0.5) is 0 Å². The van der Waals surface area contributed by atoms with Crippen LogP contribution in [0.15, 0.2) is 24.4 Å². The van der Waals surface area contributed by atoms with E-state index >= 15 is 0 Å². The summed E-state index contributed by atoms with van der Waals surface area (Å²) < 4.78 is 1.74. The van der Waals surface area contributed by atoms with Crippen molar-refractivity contribution in [3.05, 3.63) is 30.0 Å². The lowest BCUT2D eigenvalue weighted by atomic mass is 10.2. The van der Waals surface area contributed by atoms with Crippen molar-refractivity contribution in [3.63, 3.8) is 0 Å². The van der Waals surface area contributed by atoms with Gasteiger partial charge < -0.3 is 0 Å². The highest BCUT2D eigenvalue weighted by Gasteiger charge is 1.98. The lowest BCUT2D eigenvalue weighted by Crippen LogP contribution is -1.84. The molecule has 3 nitrogen and oxygen atoms in total. The number of hydrogen-bond donors (Lipinski definition) is 0. The largest absolute Gasteiger partial charge is 0.275 e. The zero-order chi connectivity index (χ0) is 8.55. The van der Waals surface area contributed by atoms with E-state index in [9.17, 15) is 0 Å². The van der Waals surface area contributed by atoms with Crippen molar-refractivity contribution in [2.75, 3.05) is 0 Å². The molecule has 0 radical (unpaired) electrons. The first-order valence-corrected chi connectivity index (χ1v) is 3.63. The second kappa shape index (κ2) is 2.35. The molecule has 0 spiro atoms. The Bertz CT molecular complexity index is 462. The number of aryl methyl sites for hydroxylation is 1. The monoisotopic (exact) mass is 157 g/mol.